The number of carbonyl (C=O) groups is 3. The predicted molar refractivity (Wildman–Crippen MR) is 72.4 cm³/mol. The van der Waals surface area contributed by atoms with E-state index in [9.17, 15) is 14.4 Å². The third-order valence-electron chi connectivity index (χ3n) is 2.79. The summed E-state index contributed by atoms with van der Waals surface area (Å²) in [5, 5.41) is 11.3. The molecule has 0 spiro atoms. The van der Waals surface area contributed by atoms with Gasteiger partial charge in [-0.3, -0.25) is 4.79 Å². The monoisotopic (exact) mass is 295 g/mol. The van der Waals surface area contributed by atoms with Gasteiger partial charge in [-0.15, -0.1) is 0 Å². The van der Waals surface area contributed by atoms with Crippen LogP contribution in [0.2, 0.25) is 0 Å². The van der Waals surface area contributed by atoms with Crippen molar-refractivity contribution in [3.8, 4) is 0 Å². The molecule has 0 fully saturated rings. The summed E-state index contributed by atoms with van der Waals surface area (Å²) in [5.74, 6) is -2.10. The minimum absolute atomic E-state index is 0.000592. The maximum atomic E-state index is 11.7. The minimum atomic E-state index is -1.79. The Bertz CT molecular complexity index is 515. The number of aliphatic carboxylic acids is 1. The average molecular weight is 295 g/mol. The van der Waals surface area contributed by atoms with Gasteiger partial charge in [0.2, 0.25) is 0 Å². The van der Waals surface area contributed by atoms with Crippen molar-refractivity contribution in [3.05, 3.63) is 35.9 Å². The fourth-order valence-corrected chi connectivity index (χ4v) is 1.52. The molecule has 0 saturated heterocycles. The van der Waals surface area contributed by atoms with Gasteiger partial charge in [0.25, 0.3) is 0 Å². The van der Waals surface area contributed by atoms with E-state index in [1.807, 2.05) is 6.07 Å². The van der Waals surface area contributed by atoms with E-state index in [1.165, 1.54) is 6.92 Å². The van der Waals surface area contributed by atoms with E-state index in [0.717, 1.165) is 12.7 Å². The Hall–Kier alpha value is -2.57. The largest absolute Gasteiger partial charge is 0.479 e. The van der Waals surface area contributed by atoms with Crippen LogP contribution in [-0.2, 0) is 25.7 Å². The highest BCUT2D eigenvalue weighted by atomic mass is 16.5. The Balaban J connectivity index is 2.60. The fraction of sp³-hybridized carbons (Fsp3) is 0.357. The molecule has 0 aliphatic heterocycles. The molecule has 1 rings (SSSR count). The number of esters is 1. The van der Waals surface area contributed by atoms with Crippen molar-refractivity contribution in [1.82, 2.24) is 5.32 Å². The number of rotatable bonds is 6. The molecule has 0 aromatic heterocycles. The lowest BCUT2D eigenvalue weighted by atomic mass is 9.98. The normalized spacial score (nSPS) is 12.9. The van der Waals surface area contributed by atoms with E-state index >= 15 is 0 Å². The first-order valence-corrected chi connectivity index (χ1v) is 6.16. The molecule has 0 aliphatic rings. The molecule has 1 unspecified atom stereocenters. The lowest BCUT2D eigenvalue weighted by Crippen LogP contribution is -2.53. The highest BCUT2D eigenvalue weighted by Crippen LogP contribution is 2.12. The first kappa shape index (κ1) is 16.5. The summed E-state index contributed by atoms with van der Waals surface area (Å²) in [5.41, 5.74) is -1.03. The number of carboxylic acids is 1. The summed E-state index contributed by atoms with van der Waals surface area (Å²) in [6.45, 7) is 1.20. The third kappa shape index (κ3) is 5.13. The van der Waals surface area contributed by atoms with Crippen LogP contribution in [0.1, 0.15) is 18.9 Å². The molecule has 0 radical (unpaired) electrons. The number of ether oxygens (including phenoxy) is 2. The number of hydrogen-bond acceptors (Lipinski definition) is 5. The van der Waals surface area contributed by atoms with Crippen LogP contribution in [0.5, 0.6) is 0 Å². The summed E-state index contributed by atoms with van der Waals surface area (Å²) >= 11 is 0. The Morgan fingerprint density at radius 2 is 1.86 bits per heavy atom. The summed E-state index contributed by atoms with van der Waals surface area (Å²) in [7, 11) is 1.14. The number of hydrogen-bond donors (Lipinski definition) is 2. The van der Waals surface area contributed by atoms with Gasteiger partial charge in [-0.05, 0) is 12.5 Å². The lowest BCUT2D eigenvalue weighted by molar-refractivity contribution is -0.151. The molecule has 7 heteroatoms. The Labute approximate surface area is 121 Å². The second kappa shape index (κ2) is 7.28. The molecule has 1 aromatic rings. The predicted octanol–water partition coefficient (Wildman–Crippen LogP) is 1.32. The van der Waals surface area contributed by atoms with Crippen LogP contribution in [0.3, 0.4) is 0 Å². The summed E-state index contributed by atoms with van der Waals surface area (Å²) in [4.78, 5) is 34.1. The Morgan fingerprint density at radius 1 is 1.24 bits per heavy atom. The van der Waals surface area contributed by atoms with Crippen LogP contribution in [0.15, 0.2) is 30.3 Å². The van der Waals surface area contributed by atoms with Gasteiger partial charge >= 0.3 is 18.0 Å². The Kier molecular flexibility index (Phi) is 5.71. The van der Waals surface area contributed by atoms with Gasteiger partial charge < -0.3 is 19.9 Å². The first-order valence-electron chi connectivity index (χ1n) is 6.16. The minimum Gasteiger partial charge on any atom is -0.479 e. The van der Waals surface area contributed by atoms with E-state index in [2.05, 4.69) is 10.1 Å². The standard InChI is InChI=1S/C14H17NO6/c1-14(12(17)18,8-11(16)20-2)15-13(19)21-9-10-6-4-3-5-7-10/h3-7H,8-9H2,1-2H3,(H,15,19)(H,17,18). The number of carbonyl (C=O) groups excluding carboxylic acids is 2. The zero-order chi connectivity index (χ0) is 15.9. The summed E-state index contributed by atoms with van der Waals surface area (Å²) in [6.07, 6.45) is -1.42. The van der Waals surface area contributed by atoms with Crippen molar-refractivity contribution < 1.29 is 29.0 Å². The smallest absolute Gasteiger partial charge is 0.408 e. The number of methoxy groups -OCH3 is 1. The highest BCUT2D eigenvalue weighted by molar-refractivity contribution is 5.88. The second-order valence-electron chi connectivity index (χ2n) is 4.58. The molecule has 0 heterocycles. The van der Waals surface area contributed by atoms with Crippen LogP contribution >= 0.6 is 0 Å². The number of alkyl carbamates (subject to hydrolysis) is 1. The van der Waals surface area contributed by atoms with Crippen molar-refractivity contribution in [3.63, 3.8) is 0 Å². The van der Waals surface area contributed by atoms with Crippen LogP contribution in [0.25, 0.3) is 0 Å². The van der Waals surface area contributed by atoms with Crippen LogP contribution in [0, 0.1) is 0 Å². The average Bonchev–Trinajstić information content (AvgIpc) is 2.45. The quantitative estimate of drug-likeness (QED) is 0.767. The van der Waals surface area contributed by atoms with Crippen LogP contribution < -0.4 is 5.32 Å². The molecule has 1 aromatic carbocycles. The fourth-order valence-electron chi connectivity index (χ4n) is 1.52. The molecule has 0 bridgehead atoms. The summed E-state index contributed by atoms with van der Waals surface area (Å²) in [6, 6.07) is 8.92. The van der Waals surface area contributed by atoms with Gasteiger partial charge in [0.15, 0.2) is 0 Å². The SMILES string of the molecule is COC(=O)CC(C)(NC(=O)OCc1ccccc1)C(=O)O. The Morgan fingerprint density at radius 3 is 2.38 bits per heavy atom. The molecule has 114 valence electrons. The number of nitrogens with one attached hydrogen (secondary N) is 1. The van der Waals surface area contributed by atoms with E-state index in [-0.39, 0.29) is 6.61 Å². The lowest BCUT2D eigenvalue weighted by Gasteiger charge is -2.24. The molecule has 2 N–H and O–H groups in total. The van der Waals surface area contributed by atoms with Crippen molar-refractivity contribution >= 4 is 18.0 Å². The maximum absolute atomic E-state index is 11.7. The van der Waals surface area contributed by atoms with Gasteiger partial charge in [-0.2, -0.15) is 0 Å². The van der Waals surface area contributed by atoms with Crippen LogP contribution in [0.4, 0.5) is 4.79 Å². The number of carboxylic acid groups (broad SMARTS) is 1. The zero-order valence-corrected chi connectivity index (χ0v) is 11.8. The molecular weight excluding hydrogens is 278 g/mol. The first-order chi connectivity index (χ1) is 9.87. The van der Waals surface area contributed by atoms with Crippen molar-refractivity contribution in [1.29, 1.82) is 0 Å². The highest BCUT2D eigenvalue weighted by Gasteiger charge is 2.38. The maximum Gasteiger partial charge on any atom is 0.408 e. The van der Waals surface area contributed by atoms with E-state index in [4.69, 9.17) is 9.84 Å². The van der Waals surface area contributed by atoms with E-state index in [1.54, 1.807) is 24.3 Å². The number of benzene rings is 1. The van der Waals surface area contributed by atoms with Gasteiger partial charge in [-0.1, -0.05) is 30.3 Å². The molecule has 1 atom stereocenters. The summed E-state index contributed by atoms with van der Waals surface area (Å²) < 4.78 is 9.34. The van der Waals surface area contributed by atoms with Crippen molar-refractivity contribution in [2.24, 2.45) is 0 Å². The van der Waals surface area contributed by atoms with Crippen molar-refractivity contribution in [2.45, 2.75) is 25.5 Å². The topological polar surface area (TPSA) is 102 Å². The molecule has 0 aliphatic carbocycles. The van der Waals surface area contributed by atoms with E-state index < -0.39 is 30.0 Å². The zero-order valence-electron chi connectivity index (χ0n) is 11.8. The molecular formula is C14H17NO6. The van der Waals surface area contributed by atoms with Crippen LogP contribution in [-0.4, -0.2) is 35.8 Å². The van der Waals surface area contributed by atoms with Gasteiger partial charge in [0, 0.05) is 0 Å². The van der Waals surface area contributed by atoms with Gasteiger partial charge in [0.05, 0.1) is 13.5 Å². The third-order valence-corrected chi connectivity index (χ3v) is 2.79. The van der Waals surface area contributed by atoms with Crippen molar-refractivity contribution in [2.75, 3.05) is 7.11 Å². The van der Waals surface area contributed by atoms with E-state index in [0.29, 0.717) is 0 Å². The second-order valence-corrected chi connectivity index (χ2v) is 4.58. The van der Waals surface area contributed by atoms with Gasteiger partial charge in [0.1, 0.15) is 12.1 Å². The molecule has 0 saturated carbocycles. The van der Waals surface area contributed by atoms with Gasteiger partial charge in [-0.25, -0.2) is 9.59 Å². The molecule has 21 heavy (non-hydrogen) atoms. The molecule has 7 nitrogen and oxygen atoms in total. The number of amides is 1. The molecule has 1 amide bonds.